The van der Waals surface area contributed by atoms with Crippen molar-refractivity contribution in [3.05, 3.63) is 65.7 Å². The normalized spacial score (nSPS) is 10.3. The largest absolute Gasteiger partial charge is 0.492 e. The highest BCUT2D eigenvalue weighted by Crippen LogP contribution is 2.18. The molecule has 4 nitrogen and oxygen atoms in total. The first-order valence-electron chi connectivity index (χ1n) is 9.51. The Kier molecular flexibility index (Phi) is 8.78. The number of carbonyl (C=O) groups is 1. The molecule has 0 saturated heterocycles. The fourth-order valence-electron chi connectivity index (χ4n) is 2.80. The SMILES string of the molecule is CCCN(CCC)C(=S)NC(=O)c1ccccc1OCCc1ccccc1. The lowest BCUT2D eigenvalue weighted by atomic mass is 10.1. The van der Waals surface area contributed by atoms with Gasteiger partial charge in [0, 0.05) is 19.5 Å². The van der Waals surface area contributed by atoms with Gasteiger partial charge in [-0.1, -0.05) is 56.3 Å². The van der Waals surface area contributed by atoms with Crippen LogP contribution in [0, 0.1) is 0 Å². The number of benzene rings is 2. The van der Waals surface area contributed by atoms with Gasteiger partial charge in [-0.05, 0) is 42.8 Å². The predicted molar refractivity (Wildman–Crippen MR) is 114 cm³/mol. The first kappa shape index (κ1) is 20.9. The van der Waals surface area contributed by atoms with Crippen molar-refractivity contribution in [1.29, 1.82) is 0 Å². The molecule has 1 amide bonds. The topological polar surface area (TPSA) is 41.6 Å². The molecule has 2 aromatic carbocycles. The third-order valence-electron chi connectivity index (χ3n) is 4.12. The van der Waals surface area contributed by atoms with Crippen molar-refractivity contribution in [2.75, 3.05) is 19.7 Å². The van der Waals surface area contributed by atoms with E-state index in [9.17, 15) is 4.79 Å². The van der Waals surface area contributed by atoms with E-state index in [1.54, 1.807) is 6.07 Å². The van der Waals surface area contributed by atoms with Crippen LogP contribution in [-0.2, 0) is 6.42 Å². The highest BCUT2D eigenvalue weighted by Gasteiger charge is 2.16. The van der Waals surface area contributed by atoms with Gasteiger partial charge >= 0.3 is 0 Å². The Labute approximate surface area is 167 Å². The van der Waals surface area contributed by atoms with Crippen LogP contribution in [0.15, 0.2) is 54.6 Å². The van der Waals surface area contributed by atoms with Gasteiger partial charge in [-0.15, -0.1) is 0 Å². The van der Waals surface area contributed by atoms with E-state index in [-0.39, 0.29) is 5.91 Å². The van der Waals surface area contributed by atoms with Crippen molar-refractivity contribution in [1.82, 2.24) is 10.2 Å². The van der Waals surface area contributed by atoms with E-state index in [0.29, 0.717) is 23.0 Å². The summed E-state index contributed by atoms with van der Waals surface area (Å²) in [5.74, 6) is 0.346. The van der Waals surface area contributed by atoms with Crippen molar-refractivity contribution in [2.24, 2.45) is 0 Å². The van der Waals surface area contributed by atoms with E-state index < -0.39 is 0 Å². The molecule has 0 radical (unpaired) electrons. The molecule has 0 heterocycles. The zero-order valence-electron chi connectivity index (χ0n) is 16.1. The zero-order valence-corrected chi connectivity index (χ0v) is 16.9. The van der Waals surface area contributed by atoms with E-state index in [1.807, 2.05) is 41.3 Å². The van der Waals surface area contributed by atoms with Crippen LogP contribution in [0.25, 0.3) is 0 Å². The molecular formula is C22H28N2O2S. The van der Waals surface area contributed by atoms with Gasteiger partial charge in [0.2, 0.25) is 0 Å². The van der Waals surface area contributed by atoms with Crippen LogP contribution >= 0.6 is 12.2 Å². The predicted octanol–water partition coefficient (Wildman–Crippen LogP) is 4.44. The molecule has 1 N–H and O–H groups in total. The van der Waals surface area contributed by atoms with Crippen LogP contribution in [0.1, 0.15) is 42.6 Å². The van der Waals surface area contributed by atoms with Gasteiger partial charge < -0.3 is 9.64 Å². The van der Waals surface area contributed by atoms with Gasteiger partial charge in [-0.25, -0.2) is 0 Å². The van der Waals surface area contributed by atoms with Gasteiger partial charge in [0.1, 0.15) is 5.75 Å². The summed E-state index contributed by atoms with van der Waals surface area (Å²) in [6, 6.07) is 17.4. The minimum Gasteiger partial charge on any atom is -0.492 e. The molecule has 0 aliphatic rings. The fraction of sp³-hybridized carbons (Fsp3) is 0.364. The van der Waals surface area contributed by atoms with Crippen molar-refractivity contribution < 1.29 is 9.53 Å². The van der Waals surface area contributed by atoms with Gasteiger partial charge in [0.25, 0.3) is 5.91 Å². The van der Waals surface area contributed by atoms with Gasteiger partial charge in [0.15, 0.2) is 5.11 Å². The van der Waals surface area contributed by atoms with Crippen molar-refractivity contribution in [3.8, 4) is 5.75 Å². The fourth-order valence-corrected chi connectivity index (χ4v) is 3.08. The molecule has 0 atom stereocenters. The lowest BCUT2D eigenvalue weighted by Crippen LogP contribution is -2.43. The molecule has 0 aliphatic heterocycles. The molecule has 0 fully saturated rings. The molecule has 5 heteroatoms. The van der Waals surface area contributed by atoms with Crippen LogP contribution in [0.4, 0.5) is 0 Å². The maximum absolute atomic E-state index is 12.7. The Morgan fingerprint density at radius 3 is 2.30 bits per heavy atom. The monoisotopic (exact) mass is 384 g/mol. The number of nitrogens with one attached hydrogen (secondary N) is 1. The molecule has 2 aromatic rings. The van der Waals surface area contributed by atoms with Crippen molar-refractivity contribution >= 4 is 23.2 Å². The summed E-state index contributed by atoms with van der Waals surface area (Å²) in [4.78, 5) is 14.8. The van der Waals surface area contributed by atoms with E-state index in [1.165, 1.54) is 5.56 Å². The number of para-hydroxylation sites is 1. The summed E-state index contributed by atoms with van der Waals surface area (Å²) in [6.07, 6.45) is 2.75. The second-order valence-corrected chi connectivity index (χ2v) is 6.71. The Balaban J connectivity index is 1.98. The van der Waals surface area contributed by atoms with Gasteiger partial charge in [0.05, 0.1) is 12.2 Å². The highest BCUT2D eigenvalue weighted by molar-refractivity contribution is 7.80. The van der Waals surface area contributed by atoms with Crippen LogP contribution in [0.5, 0.6) is 5.75 Å². The molecule has 2 rings (SSSR count). The first-order chi connectivity index (χ1) is 13.2. The average Bonchev–Trinajstić information content (AvgIpc) is 2.69. The Bertz CT molecular complexity index is 728. The second-order valence-electron chi connectivity index (χ2n) is 6.33. The highest BCUT2D eigenvalue weighted by atomic mass is 32.1. The summed E-state index contributed by atoms with van der Waals surface area (Å²) in [6.45, 7) is 6.38. The van der Waals surface area contributed by atoms with E-state index >= 15 is 0 Å². The molecule has 0 unspecified atom stereocenters. The minimum absolute atomic E-state index is 0.229. The number of nitrogens with zero attached hydrogens (tertiary/aromatic N) is 1. The van der Waals surface area contributed by atoms with Gasteiger partial charge in [-0.3, -0.25) is 10.1 Å². The molecule has 0 aliphatic carbocycles. The molecule has 0 spiro atoms. The third kappa shape index (κ3) is 6.68. The lowest BCUT2D eigenvalue weighted by molar-refractivity contribution is 0.0969. The Hall–Kier alpha value is -2.40. The number of hydrogen-bond acceptors (Lipinski definition) is 3. The number of ether oxygens (including phenoxy) is 1. The average molecular weight is 385 g/mol. The summed E-state index contributed by atoms with van der Waals surface area (Å²) < 4.78 is 5.88. The zero-order chi connectivity index (χ0) is 19.5. The molecule has 0 saturated carbocycles. The maximum Gasteiger partial charge on any atom is 0.261 e. The summed E-state index contributed by atoms with van der Waals surface area (Å²) in [5, 5.41) is 3.33. The third-order valence-corrected chi connectivity index (χ3v) is 4.48. The van der Waals surface area contributed by atoms with E-state index in [2.05, 4.69) is 31.3 Å². The van der Waals surface area contributed by atoms with E-state index in [0.717, 1.165) is 32.4 Å². The van der Waals surface area contributed by atoms with Gasteiger partial charge in [-0.2, -0.15) is 0 Å². The maximum atomic E-state index is 12.7. The minimum atomic E-state index is -0.229. The Morgan fingerprint density at radius 1 is 1.00 bits per heavy atom. The standard InChI is InChI=1S/C22H28N2O2S/c1-3-15-24(16-4-2)22(27)23-21(25)19-12-8-9-13-20(19)26-17-14-18-10-6-5-7-11-18/h5-13H,3-4,14-17H2,1-2H3,(H,23,25,27). The number of rotatable bonds is 9. The molecule has 144 valence electrons. The quantitative estimate of drug-likeness (QED) is 0.649. The molecule has 27 heavy (non-hydrogen) atoms. The summed E-state index contributed by atoms with van der Waals surface area (Å²) in [5.41, 5.74) is 1.70. The lowest BCUT2D eigenvalue weighted by Gasteiger charge is -2.24. The number of amides is 1. The van der Waals surface area contributed by atoms with Crippen molar-refractivity contribution in [2.45, 2.75) is 33.1 Å². The number of hydrogen-bond donors (Lipinski definition) is 1. The first-order valence-corrected chi connectivity index (χ1v) is 9.92. The smallest absolute Gasteiger partial charge is 0.261 e. The number of thiocarbonyl (C=S) groups is 1. The van der Waals surface area contributed by atoms with Crippen LogP contribution < -0.4 is 10.1 Å². The summed E-state index contributed by atoms with van der Waals surface area (Å²) in [7, 11) is 0. The molecule has 0 aromatic heterocycles. The number of carbonyl (C=O) groups excluding carboxylic acids is 1. The van der Waals surface area contributed by atoms with Crippen LogP contribution in [0.2, 0.25) is 0 Å². The molecule has 0 bridgehead atoms. The van der Waals surface area contributed by atoms with Crippen LogP contribution in [-0.4, -0.2) is 35.6 Å². The molecular weight excluding hydrogens is 356 g/mol. The van der Waals surface area contributed by atoms with Crippen molar-refractivity contribution in [3.63, 3.8) is 0 Å². The summed E-state index contributed by atoms with van der Waals surface area (Å²) >= 11 is 5.43. The van der Waals surface area contributed by atoms with E-state index in [4.69, 9.17) is 17.0 Å². The Morgan fingerprint density at radius 2 is 1.63 bits per heavy atom. The second kappa shape index (κ2) is 11.3. The van der Waals surface area contributed by atoms with Crippen LogP contribution in [0.3, 0.4) is 0 Å².